The van der Waals surface area contributed by atoms with Crippen molar-refractivity contribution in [1.29, 1.82) is 0 Å². The molecule has 0 aliphatic carbocycles. The molecule has 0 bridgehead atoms. The lowest BCUT2D eigenvalue weighted by atomic mass is 9.88. The minimum absolute atomic E-state index is 0.0524. The second kappa shape index (κ2) is 7.98. The van der Waals surface area contributed by atoms with E-state index in [1.54, 1.807) is 23.5 Å². The number of aromatic carboxylic acids is 1. The summed E-state index contributed by atoms with van der Waals surface area (Å²) in [6.07, 6.45) is 2.46. The SMILES string of the molecule is O=C(O)c1ccccc1CC1CCN(C(=O)c2cc(-c3cccs3)[nH]n2)CC1. The Kier molecular flexibility index (Phi) is 5.25. The number of aromatic nitrogens is 2. The second-order valence-corrected chi connectivity index (χ2v) is 7.99. The summed E-state index contributed by atoms with van der Waals surface area (Å²) in [5.74, 6) is -0.558. The zero-order chi connectivity index (χ0) is 19.5. The lowest BCUT2D eigenvalue weighted by Gasteiger charge is -2.31. The predicted molar refractivity (Wildman–Crippen MR) is 108 cm³/mol. The summed E-state index contributed by atoms with van der Waals surface area (Å²) in [5, 5.41) is 18.5. The number of carbonyl (C=O) groups excluding carboxylic acids is 1. The van der Waals surface area contributed by atoms with Gasteiger partial charge in [-0.3, -0.25) is 9.89 Å². The Morgan fingerprint density at radius 1 is 1.18 bits per heavy atom. The van der Waals surface area contributed by atoms with E-state index in [1.165, 1.54) is 0 Å². The molecule has 0 saturated carbocycles. The van der Waals surface area contributed by atoms with Crippen molar-refractivity contribution in [3.63, 3.8) is 0 Å². The highest BCUT2D eigenvalue weighted by Crippen LogP contribution is 2.26. The van der Waals surface area contributed by atoms with Crippen LogP contribution in [0.5, 0.6) is 0 Å². The Morgan fingerprint density at radius 3 is 2.68 bits per heavy atom. The standard InChI is InChI=1S/C21H21N3O3S/c25-20(18-13-17(22-23-18)19-6-3-11-28-19)24-9-7-14(8-10-24)12-15-4-1-2-5-16(15)21(26)27/h1-6,11,13-14H,7-10,12H2,(H,22,23)(H,26,27). The number of likely N-dealkylation sites (tertiary alicyclic amines) is 1. The van der Waals surface area contributed by atoms with Crippen LogP contribution in [0.1, 0.15) is 39.3 Å². The molecule has 3 heterocycles. The van der Waals surface area contributed by atoms with Gasteiger partial charge in [-0.15, -0.1) is 11.3 Å². The van der Waals surface area contributed by atoms with Gasteiger partial charge in [-0.25, -0.2) is 4.79 Å². The highest BCUT2D eigenvalue weighted by molar-refractivity contribution is 7.13. The smallest absolute Gasteiger partial charge is 0.335 e. The first-order chi connectivity index (χ1) is 13.6. The largest absolute Gasteiger partial charge is 0.478 e. The lowest BCUT2D eigenvalue weighted by Crippen LogP contribution is -2.39. The minimum Gasteiger partial charge on any atom is -0.478 e. The van der Waals surface area contributed by atoms with Crippen molar-refractivity contribution in [1.82, 2.24) is 15.1 Å². The molecule has 1 saturated heterocycles. The first kappa shape index (κ1) is 18.4. The number of thiophene rings is 1. The molecule has 3 aromatic rings. The van der Waals surface area contributed by atoms with E-state index >= 15 is 0 Å². The summed E-state index contributed by atoms with van der Waals surface area (Å²) >= 11 is 1.60. The minimum atomic E-state index is -0.886. The molecule has 1 fully saturated rings. The van der Waals surface area contributed by atoms with Gasteiger partial charge in [0.05, 0.1) is 16.1 Å². The number of benzene rings is 1. The number of hydrogen-bond donors (Lipinski definition) is 2. The molecule has 1 aliphatic rings. The van der Waals surface area contributed by atoms with E-state index in [-0.39, 0.29) is 5.91 Å². The molecule has 0 unspecified atom stereocenters. The molecular formula is C21H21N3O3S. The van der Waals surface area contributed by atoms with Crippen molar-refractivity contribution >= 4 is 23.2 Å². The maximum atomic E-state index is 12.8. The van der Waals surface area contributed by atoms with Gasteiger partial charge >= 0.3 is 5.97 Å². The van der Waals surface area contributed by atoms with Crippen LogP contribution < -0.4 is 0 Å². The van der Waals surface area contributed by atoms with Crippen LogP contribution in [0, 0.1) is 5.92 Å². The van der Waals surface area contributed by atoms with Crippen LogP contribution in [0.4, 0.5) is 0 Å². The number of rotatable bonds is 5. The van der Waals surface area contributed by atoms with Crippen LogP contribution in [0.25, 0.3) is 10.6 Å². The fourth-order valence-corrected chi connectivity index (χ4v) is 4.40. The third-order valence-corrected chi connectivity index (χ3v) is 6.14. The highest BCUT2D eigenvalue weighted by atomic mass is 32.1. The van der Waals surface area contributed by atoms with Gasteiger partial charge in [-0.1, -0.05) is 24.3 Å². The summed E-state index contributed by atoms with van der Waals surface area (Å²) in [6.45, 7) is 1.33. The number of carboxylic acid groups (broad SMARTS) is 1. The van der Waals surface area contributed by atoms with Gasteiger partial charge < -0.3 is 10.0 Å². The van der Waals surface area contributed by atoms with Gasteiger partial charge in [-0.2, -0.15) is 5.10 Å². The Bertz CT molecular complexity index is 972. The zero-order valence-electron chi connectivity index (χ0n) is 15.3. The quantitative estimate of drug-likeness (QED) is 0.685. The van der Waals surface area contributed by atoms with Crippen molar-refractivity contribution in [2.75, 3.05) is 13.1 Å². The molecular weight excluding hydrogens is 374 g/mol. The molecule has 1 aromatic carbocycles. The van der Waals surface area contributed by atoms with Crippen LogP contribution in [0.15, 0.2) is 47.8 Å². The van der Waals surface area contributed by atoms with Gasteiger partial charge in [0.25, 0.3) is 5.91 Å². The number of aromatic amines is 1. The van der Waals surface area contributed by atoms with Crippen molar-refractivity contribution in [2.24, 2.45) is 5.92 Å². The number of amides is 1. The third-order valence-electron chi connectivity index (χ3n) is 5.24. The lowest BCUT2D eigenvalue weighted by molar-refractivity contribution is 0.0684. The second-order valence-electron chi connectivity index (χ2n) is 7.05. The maximum absolute atomic E-state index is 12.8. The molecule has 0 radical (unpaired) electrons. The first-order valence-electron chi connectivity index (χ1n) is 9.31. The summed E-state index contributed by atoms with van der Waals surface area (Å²) in [7, 11) is 0. The van der Waals surface area contributed by atoms with Gasteiger partial charge in [0.1, 0.15) is 0 Å². The number of carboxylic acids is 1. The summed E-state index contributed by atoms with van der Waals surface area (Å²) in [6, 6.07) is 12.9. The van der Waals surface area contributed by atoms with Crippen molar-refractivity contribution in [3.8, 4) is 10.6 Å². The zero-order valence-corrected chi connectivity index (χ0v) is 16.1. The fraction of sp³-hybridized carbons (Fsp3) is 0.286. The molecule has 2 aromatic heterocycles. The normalized spacial score (nSPS) is 14.9. The summed E-state index contributed by atoms with van der Waals surface area (Å²) < 4.78 is 0. The Hall–Kier alpha value is -2.93. The summed E-state index contributed by atoms with van der Waals surface area (Å²) in [4.78, 5) is 27.0. The molecule has 144 valence electrons. The molecule has 1 amide bonds. The van der Waals surface area contributed by atoms with E-state index in [9.17, 15) is 14.7 Å². The number of nitrogens with one attached hydrogen (secondary N) is 1. The van der Waals surface area contributed by atoms with Crippen LogP contribution in [0.3, 0.4) is 0 Å². The highest BCUT2D eigenvalue weighted by Gasteiger charge is 2.26. The number of carbonyl (C=O) groups is 2. The van der Waals surface area contributed by atoms with E-state index in [1.807, 2.05) is 40.6 Å². The molecule has 6 nitrogen and oxygen atoms in total. The number of nitrogens with zero attached hydrogens (tertiary/aromatic N) is 2. The first-order valence-corrected chi connectivity index (χ1v) is 10.2. The molecule has 7 heteroatoms. The van der Waals surface area contributed by atoms with Gasteiger partial charge in [0.2, 0.25) is 0 Å². The molecule has 28 heavy (non-hydrogen) atoms. The molecule has 0 atom stereocenters. The van der Waals surface area contributed by atoms with Crippen LogP contribution in [0.2, 0.25) is 0 Å². The average Bonchev–Trinajstić information content (AvgIpc) is 3.40. The number of hydrogen-bond acceptors (Lipinski definition) is 4. The van der Waals surface area contributed by atoms with E-state index in [4.69, 9.17) is 0 Å². The number of piperidine rings is 1. The van der Waals surface area contributed by atoms with Crippen molar-refractivity contribution in [3.05, 3.63) is 64.7 Å². The Morgan fingerprint density at radius 2 is 1.96 bits per heavy atom. The van der Waals surface area contributed by atoms with E-state index in [0.717, 1.165) is 35.4 Å². The van der Waals surface area contributed by atoms with Crippen LogP contribution in [-0.2, 0) is 6.42 Å². The van der Waals surface area contributed by atoms with Gasteiger partial charge in [0, 0.05) is 13.1 Å². The average molecular weight is 395 g/mol. The van der Waals surface area contributed by atoms with Crippen LogP contribution >= 0.6 is 11.3 Å². The number of H-pyrrole nitrogens is 1. The van der Waals surface area contributed by atoms with E-state index in [0.29, 0.717) is 30.3 Å². The van der Waals surface area contributed by atoms with Crippen molar-refractivity contribution in [2.45, 2.75) is 19.3 Å². The monoisotopic (exact) mass is 395 g/mol. The third kappa shape index (κ3) is 3.84. The van der Waals surface area contributed by atoms with Crippen LogP contribution in [-0.4, -0.2) is 45.2 Å². The Labute approximate surface area is 166 Å². The molecule has 4 rings (SSSR count). The van der Waals surface area contributed by atoms with Gasteiger partial charge in [0.15, 0.2) is 5.69 Å². The van der Waals surface area contributed by atoms with Crippen molar-refractivity contribution < 1.29 is 14.7 Å². The topological polar surface area (TPSA) is 86.3 Å². The summed E-state index contributed by atoms with van der Waals surface area (Å²) in [5.41, 5.74) is 2.54. The fourth-order valence-electron chi connectivity index (χ4n) is 3.71. The van der Waals surface area contributed by atoms with E-state index in [2.05, 4.69) is 10.2 Å². The molecule has 0 spiro atoms. The Balaban J connectivity index is 1.37. The molecule has 2 N–H and O–H groups in total. The maximum Gasteiger partial charge on any atom is 0.335 e. The van der Waals surface area contributed by atoms with Gasteiger partial charge in [-0.05, 0) is 54.3 Å². The van der Waals surface area contributed by atoms with E-state index < -0.39 is 5.97 Å². The predicted octanol–water partition coefficient (Wildman–Crippen LogP) is 3.93. The molecule has 1 aliphatic heterocycles.